The summed E-state index contributed by atoms with van der Waals surface area (Å²) in [6.07, 6.45) is 7.64. The summed E-state index contributed by atoms with van der Waals surface area (Å²) in [4.78, 5) is 29.1. The van der Waals surface area contributed by atoms with Crippen molar-refractivity contribution in [3.63, 3.8) is 0 Å². The van der Waals surface area contributed by atoms with E-state index < -0.39 is 0 Å². The van der Waals surface area contributed by atoms with Crippen molar-refractivity contribution in [2.45, 2.75) is 52.6 Å². The molecular weight excluding hydrogens is 432 g/mol. The maximum atomic E-state index is 12.7. The van der Waals surface area contributed by atoms with Gasteiger partial charge in [0, 0.05) is 24.9 Å². The minimum absolute atomic E-state index is 0.0508. The fraction of sp³-hybridized carbons (Fsp3) is 0.545. The quantitative estimate of drug-likeness (QED) is 0.713. The van der Waals surface area contributed by atoms with Gasteiger partial charge in [0.25, 0.3) is 5.56 Å². The summed E-state index contributed by atoms with van der Waals surface area (Å²) < 4.78 is 1.66. The lowest BCUT2D eigenvalue weighted by atomic mass is 9.45. The molecule has 0 spiro atoms. The van der Waals surface area contributed by atoms with Crippen LogP contribution >= 0.6 is 15.9 Å². The predicted octanol–water partition coefficient (Wildman–Crippen LogP) is 3.70. The number of carbonyl (C=O) groups is 1. The smallest absolute Gasteiger partial charge is 0.283 e. The lowest BCUT2D eigenvalue weighted by Crippen LogP contribution is -2.58. The number of aromatic nitrogens is 3. The molecule has 0 aromatic carbocycles. The zero-order chi connectivity index (χ0) is 20.8. The van der Waals surface area contributed by atoms with Crippen LogP contribution in [0.3, 0.4) is 0 Å². The number of halogens is 1. The van der Waals surface area contributed by atoms with Crippen LogP contribution in [-0.2, 0) is 17.8 Å². The number of fused-ring (bicyclic) bond motifs is 2. The van der Waals surface area contributed by atoms with E-state index in [0.717, 1.165) is 23.8 Å². The van der Waals surface area contributed by atoms with Crippen LogP contribution in [0.15, 0.2) is 40.0 Å². The van der Waals surface area contributed by atoms with E-state index in [-0.39, 0.29) is 24.3 Å². The van der Waals surface area contributed by atoms with Crippen LogP contribution < -0.4 is 10.9 Å². The lowest BCUT2D eigenvalue weighted by molar-refractivity contribution is -0.119. The van der Waals surface area contributed by atoms with Crippen molar-refractivity contribution in [3.8, 4) is 0 Å². The fourth-order valence-electron chi connectivity index (χ4n) is 5.17. The van der Waals surface area contributed by atoms with Gasteiger partial charge in [-0.1, -0.05) is 26.8 Å². The first-order valence-electron chi connectivity index (χ1n) is 10.2. The van der Waals surface area contributed by atoms with E-state index in [2.05, 4.69) is 52.1 Å². The molecule has 2 aromatic rings. The van der Waals surface area contributed by atoms with E-state index in [9.17, 15) is 9.59 Å². The van der Waals surface area contributed by atoms with E-state index in [1.54, 1.807) is 24.7 Å². The van der Waals surface area contributed by atoms with Gasteiger partial charge in [-0.25, -0.2) is 4.68 Å². The molecule has 0 amide bonds. The summed E-state index contributed by atoms with van der Waals surface area (Å²) >= 11 is 3.43. The molecule has 0 unspecified atom stereocenters. The van der Waals surface area contributed by atoms with Crippen LogP contribution in [-0.4, -0.2) is 26.6 Å². The number of Topliss-reactive ketones (excluding diaryl/α,β-unsaturated/α-hetero) is 1. The van der Waals surface area contributed by atoms with Crippen molar-refractivity contribution in [3.05, 3.63) is 51.1 Å². The molecule has 2 bridgehead atoms. The Bertz CT molecular complexity index is 973. The van der Waals surface area contributed by atoms with Gasteiger partial charge in [0.2, 0.25) is 0 Å². The van der Waals surface area contributed by atoms with Gasteiger partial charge in [0.15, 0.2) is 5.78 Å². The van der Waals surface area contributed by atoms with Crippen LogP contribution in [0.25, 0.3) is 0 Å². The SMILES string of the molecule is C[C@@H]1[C@H]2C[C@@H](C[C@H]1Nc1cnn(CC(=O)Cc3cccnc3)c(=O)c1Br)C2(C)C. The molecule has 29 heavy (non-hydrogen) atoms. The van der Waals surface area contributed by atoms with E-state index in [1.165, 1.54) is 11.1 Å². The Kier molecular flexibility index (Phi) is 5.36. The van der Waals surface area contributed by atoms with Crippen molar-refractivity contribution in [1.29, 1.82) is 0 Å². The molecule has 0 saturated heterocycles. The molecule has 7 heteroatoms. The first kappa shape index (κ1) is 20.3. The topological polar surface area (TPSA) is 76.9 Å². The van der Waals surface area contributed by atoms with Crippen LogP contribution in [0.4, 0.5) is 5.69 Å². The minimum atomic E-state index is -0.288. The lowest BCUT2D eigenvalue weighted by Gasteiger charge is -2.62. The number of hydrogen-bond donors (Lipinski definition) is 1. The molecule has 0 radical (unpaired) electrons. The highest BCUT2D eigenvalue weighted by Crippen LogP contribution is 2.61. The summed E-state index contributed by atoms with van der Waals surface area (Å²) in [6.45, 7) is 7.00. The molecule has 3 fully saturated rings. The Morgan fingerprint density at radius 2 is 2.14 bits per heavy atom. The molecular formula is C22H27BrN4O2. The zero-order valence-corrected chi connectivity index (χ0v) is 18.6. The minimum Gasteiger partial charge on any atom is -0.380 e. The van der Waals surface area contributed by atoms with Crippen molar-refractivity contribution < 1.29 is 4.79 Å². The largest absolute Gasteiger partial charge is 0.380 e. The molecule has 3 aliphatic carbocycles. The molecule has 3 aliphatic rings. The highest BCUT2D eigenvalue weighted by atomic mass is 79.9. The van der Waals surface area contributed by atoms with Crippen LogP contribution in [0.5, 0.6) is 0 Å². The van der Waals surface area contributed by atoms with Crippen LogP contribution in [0, 0.1) is 23.2 Å². The number of pyridine rings is 1. The second-order valence-corrected chi connectivity index (χ2v) is 9.91. The number of nitrogens with zero attached hydrogens (tertiary/aromatic N) is 3. The van der Waals surface area contributed by atoms with Gasteiger partial charge in [0.05, 0.1) is 11.9 Å². The molecule has 1 N–H and O–H groups in total. The van der Waals surface area contributed by atoms with E-state index in [0.29, 0.717) is 27.5 Å². The van der Waals surface area contributed by atoms with Crippen molar-refractivity contribution >= 4 is 27.4 Å². The number of rotatable bonds is 6. The summed E-state index contributed by atoms with van der Waals surface area (Å²) in [5.41, 5.74) is 1.67. The number of anilines is 1. The predicted molar refractivity (Wildman–Crippen MR) is 116 cm³/mol. The average Bonchev–Trinajstić information content (AvgIpc) is 2.69. The highest BCUT2D eigenvalue weighted by molar-refractivity contribution is 9.10. The molecule has 2 aromatic heterocycles. The summed E-state index contributed by atoms with van der Waals surface area (Å²) in [5.74, 6) is 1.92. The van der Waals surface area contributed by atoms with Crippen LogP contribution in [0.1, 0.15) is 39.2 Å². The summed E-state index contributed by atoms with van der Waals surface area (Å²) in [5, 5.41) is 7.79. The standard InChI is InChI=1S/C22H27BrN4O2/c1-13-17-8-15(22(17,2)3)9-18(13)26-19-11-25-27(21(29)20(19)23)12-16(28)7-14-5-4-6-24-10-14/h4-6,10-11,13,15,17-18,26H,7-9,12H2,1-3H3/t13-,15+,17-,18-/m1/s1. The van der Waals surface area contributed by atoms with E-state index in [4.69, 9.17) is 0 Å². The first-order valence-corrected chi connectivity index (χ1v) is 11.0. The maximum Gasteiger partial charge on any atom is 0.283 e. The second-order valence-electron chi connectivity index (χ2n) is 9.12. The zero-order valence-electron chi connectivity index (χ0n) is 17.1. The van der Waals surface area contributed by atoms with Gasteiger partial charge in [-0.15, -0.1) is 0 Å². The van der Waals surface area contributed by atoms with Crippen molar-refractivity contribution in [2.75, 3.05) is 5.32 Å². The average molecular weight is 459 g/mol. The number of ketones is 1. The van der Waals surface area contributed by atoms with Gasteiger partial charge in [-0.2, -0.15) is 5.10 Å². The summed E-state index contributed by atoms with van der Waals surface area (Å²) in [7, 11) is 0. The third-order valence-electron chi connectivity index (χ3n) is 7.13. The summed E-state index contributed by atoms with van der Waals surface area (Å²) in [6, 6.07) is 3.98. The monoisotopic (exact) mass is 458 g/mol. The highest BCUT2D eigenvalue weighted by Gasteiger charge is 2.56. The molecule has 4 atom stereocenters. The normalized spacial score (nSPS) is 27.2. The van der Waals surface area contributed by atoms with Crippen molar-refractivity contribution in [1.82, 2.24) is 14.8 Å². The number of nitrogens with one attached hydrogen (secondary N) is 1. The van der Waals surface area contributed by atoms with Gasteiger partial charge in [-0.3, -0.25) is 14.6 Å². The van der Waals surface area contributed by atoms with Crippen LogP contribution in [0.2, 0.25) is 0 Å². The molecule has 2 heterocycles. The molecule has 5 rings (SSSR count). The maximum absolute atomic E-state index is 12.7. The van der Waals surface area contributed by atoms with Gasteiger partial charge in [0.1, 0.15) is 11.0 Å². The van der Waals surface area contributed by atoms with Gasteiger partial charge < -0.3 is 5.32 Å². The third kappa shape index (κ3) is 3.77. The Morgan fingerprint density at radius 1 is 1.34 bits per heavy atom. The number of carbonyl (C=O) groups excluding carboxylic acids is 1. The Labute approximate surface area is 179 Å². The number of hydrogen-bond acceptors (Lipinski definition) is 5. The molecule has 0 aliphatic heterocycles. The van der Waals surface area contributed by atoms with Gasteiger partial charge >= 0.3 is 0 Å². The third-order valence-corrected chi connectivity index (χ3v) is 7.90. The van der Waals surface area contributed by atoms with E-state index in [1.807, 2.05) is 6.07 Å². The van der Waals surface area contributed by atoms with E-state index >= 15 is 0 Å². The Balaban J connectivity index is 1.44. The van der Waals surface area contributed by atoms with Crippen molar-refractivity contribution in [2.24, 2.45) is 23.2 Å². The molecule has 154 valence electrons. The fourth-order valence-corrected chi connectivity index (χ4v) is 5.59. The molecule has 6 nitrogen and oxygen atoms in total. The molecule has 3 saturated carbocycles. The van der Waals surface area contributed by atoms with Gasteiger partial charge in [-0.05, 0) is 63.6 Å². The Hall–Kier alpha value is -2.02. The second kappa shape index (κ2) is 7.67. The Morgan fingerprint density at radius 3 is 2.79 bits per heavy atom. The first-order chi connectivity index (χ1) is 13.8.